The molecule has 0 saturated heterocycles. The zero-order valence-electron chi connectivity index (χ0n) is 54.4. The van der Waals surface area contributed by atoms with Gasteiger partial charge in [0.05, 0.1) is 0 Å². The highest BCUT2D eigenvalue weighted by Crippen LogP contribution is 2.63. The van der Waals surface area contributed by atoms with Crippen LogP contribution in [0, 0.1) is 23.3 Å². The Labute approximate surface area is 575 Å². The fraction of sp³-hybridized carbons (Fsp3) is 0.426. The van der Waals surface area contributed by atoms with Crippen molar-refractivity contribution in [3.63, 3.8) is 0 Å². The molecule has 41 heteroatoms. The van der Waals surface area contributed by atoms with E-state index in [2.05, 4.69) is 42.6 Å². The van der Waals surface area contributed by atoms with Crippen LogP contribution < -0.4 is 18.6 Å². The molecule has 33 nitrogen and oxygen atoms in total. The van der Waals surface area contributed by atoms with Gasteiger partial charge in [0.15, 0.2) is 13.2 Å². The summed E-state index contributed by atoms with van der Waals surface area (Å²) in [7, 11) is -0.122. The van der Waals surface area contributed by atoms with E-state index in [1.54, 1.807) is 0 Å². The van der Waals surface area contributed by atoms with Crippen molar-refractivity contribution in [3.8, 4) is 23.0 Å². The van der Waals surface area contributed by atoms with Crippen LogP contribution in [0.2, 0.25) is 23.3 Å². The number of benzene rings is 4. The Morgan fingerprint density at radius 1 is 0.402 bits per heavy atom. The fourth-order valence-electron chi connectivity index (χ4n) is 11.0. The molecule has 8 aliphatic rings. The first-order valence-corrected chi connectivity index (χ1v) is 30.8. The first-order valence-electron chi connectivity index (χ1n) is 30.8. The van der Waals surface area contributed by atoms with Gasteiger partial charge in [0, 0.05) is 58.3 Å². The topological polar surface area (TPSA) is 429 Å². The van der Waals surface area contributed by atoms with Gasteiger partial charge in [-0.25, -0.2) is 55.9 Å². The predicted octanol–water partition coefficient (Wildman–Crippen LogP) is 3.94. The molecule has 0 bridgehead atoms. The second kappa shape index (κ2) is 33.4. The smallest absolute Gasteiger partial charge is 0.526 e. The van der Waals surface area contributed by atoms with Crippen molar-refractivity contribution in [2.75, 3.05) is 81.4 Å². The Hall–Kier alpha value is -10.4. The van der Waals surface area contributed by atoms with Crippen LogP contribution in [-0.2, 0) is 85.6 Å². The van der Waals surface area contributed by atoms with Crippen molar-refractivity contribution < 1.29 is 171 Å². The van der Waals surface area contributed by atoms with E-state index in [-0.39, 0.29) is 89.8 Å². The largest absolute Gasteiger partial charge is 0.535 e. The van der Waals surface area contributed by atoms with Gasteiger partial charge in [0.2, 0.25) is 27.2 Å². The van der Waals surface area contributed by atoms with Crippen LogP contribution in [0.3, 0.4) is 0 Å². The molecule has 0 spiro atoms. The van der Waals surface area contributed by atoms with Gasteiger partial charge in [0.25, 0.3) is 5.91 Å². The maximum atomic E-state index is 14.1. The van der Waals surface area contributed by atoms with Gasteiger partial charge < -0.3 is 105 Å². The summed E-state index contributed by atoms with van der Waals surface area (Å²) in [5.74, 6) is -11.4. The number of halogens is 4. The monoisotopic (exact) mass is 1440 g/mol. The van der Waals surface area contributed by atoms with Gasteiger partial charge in [-0.05, 0) is 95.9 Å². The summed E-state index contributed by atoms with van der Waals surface area (Å²) < 4.78 is 137. The van der Waals surface area contributed by atoms with Crippen molar-refractivity contribution in [2.45, 2.75) is 86.5 Å². The van der Waals surface area contributed by atoms with Gasteiger partial charge in [-0.2, -0.15) is 0 Å². The van der Waals surface area contributed by atoms with Crippen LogP contribution in [0.1, 0.15) is 127 Å². The number of rotatable bonds is 21. The fourth-order valence-corrected chi connectivity index (χ4v) is 11.0. The van der Waals surface area contributed by atoms with E-state index in [1.165, 1.54) is 57.3 Å². The van der Waals surface area contributed by atoms with E-state index < -0.39 is 180 Å². The molecule has 4 aromatic rings. The summed E-state index contributed by atoms with van der Waals surface area (Å²) in [6.07, 6.45) is 0.426. The molecule has 4 aromatic carbocycles. The van der Waals surface area contributed by atoms with Crippen molar-refractivity contribution in [1.82, 2.24) is 4.90 Å². The Morgan fingerprint density at radius 3 is 1.00 bits per heavy atom. The zero-order valence-corrected chi connectivity index (χ0v) is 54.4. The number of hydrogen-bond donors (Lipinski definition) is 4. The number of ether oxygens (including phenoxy) is 13. The Morgan fingerprint density at radius 2 is 0.696 bits per heavy atom. The van der Waals surface area contributed by atoms with Gasteiger partial charge in [-0.1, -0.05) is 24.3 Å². The Bertz CT molecular complexity index is 3930. The van der Waals surface area contributed by atoms with Gasteiger partial charge in [-0.3, -0.25) is 14.4 Å². The van der Waals surface area contributed by atoms with Gasteiger partial charge in [-0.15, -0.1) is 0 Å². The summed E-state index contributed by atoms with van der Waals surface area (Å²) in [6.45, 7) is -2.61. The standard InChI is InChI=1S/C16H17BFNO8.C16H16BFO9.C15H14BFO8.C14H14BFO7/c1-19(2)12(20)6-24-16(22)26-7-25-15(21)13-11(18)4-3-8-9-5-10(9)17(23)27-14(8)13;1-8(19)23-4-5-24-16(21)26-7-25-15(20)13-12(18)3-2-9-10-6-11(10)17(22)27-14(9)13;1-7(18)22-5-12(19)23-6-24-15(20)13-11(17)3-2-8-9-4-10(9)16(21)25-14(8)13;1-20-5-11(17)21-6-22-14(18)12-10(16)3-2-7-8-4-9(8)15(19)23-13(7)12/h3-4,9-10,23H,5-7H2,1-2H3;2-3,10-11,22H,4-7H2,1H3;2-3,9-10,21H,4-6H2,1H3;2-3,8-9,19H,4-6H2,1H3/t9-,10-;10-,11-;9-,10-;8-,9-/m1111/s1. The van der Waals surface area contributed by atoms with E-state index >= 15 is 0 Å². The Balaban J connectivity index is 0.000000158. The molecule has 4 aliphatic heterocycles. The minimum atomic E-state index is -1.22. The predicted molar refractivity (Wildman–Crippen MR) is 326 cm³/mol. The normalized spacial score (nSPS) is 19.7. The maximum absolute atomic E-state index is 14.1. The molecular weight excluding hydrogens is 1380 g/mol. The highest BCUT2D eigenvalue weighted by molar-refractivity contribution is 6.49. The molecule has 4 saturated carbocycles. The summed E-state index contributed by atoms with van der Waals surface area (Å²) in [5, 5.41) is 39.3. The molecule has 0 radical (unpaired) electrons. The molecule has 0 unspecified atom stereocenters. The number of amides is 1. The molecular formula is C61H61B4F4NO32. The molecule has 102 heavy (non-hydrogen) atoms. The molecule has 4 aliphatic carbocycles. The number of methoxy groups -OCH3 is 1. The number of esters is 8. The molecule has 4 N–H and O–H groups in total. The average Bonchev–Trinajstić information content (AvgIpc) is 1.60. The lowest BCUT2D eigenvalue weighted by molar-refractivity contribution is -0.163. The number of fused-ring (bicyclic) bond motifs is 12. The van der Waals surface area contributed by atoms with Crippen LogP contribution in [-0.4, -0.2) is 201 Å². The van der Waals surface area contributed by atoms with E-state index in [0.29, 0.717) is 41.5 Å². The van der Waals surface area contributed by atoms with Gasteiger partial charge in [0.1, 0.15) is 88.3 Å². The molecule has 542 valence electrons. The average molecular weight is 1440 g/mol. The third-order valence-electron chi connectivity index (χ3n) is 16.4. The number of likely N-dealkylation sites (N-methyl/N-ethyl adjacent to an activating group) is 1. The summed E-state index contributed by atoms with van der Waals surface area (Å²) in [6, 6.07) is 10.6. The quantitative estimate of drug-likeness (QED) is 0.0229. The lowest BCUT2D eigenvalue weighted by atomic mass is 9.77. The number of carbonyl (C=O) groups is 11. The zero-order chi connectivity index (χ0) is 74.0. The van der Waals surface area contributed by atoms with E-state index in [9.17, 15) is 90.4 Å². The lowest BCUT2D eigenvalue weighted by Gasteiger charge is -2.21. The first kappa shape index (κ1) is 75.8. The first-order chi connectivity index (χ1) is 48.6. The number of carbonyl (C=O) groups excluding carboxylic acids is 11. The molecule has 12 rings (SSSR count). The third-order valence-corrected chi connectivity index (χ3v) is 16.4. The second-order valence-corrected chi connectivity index (χ2v) is 23.4. The molecule has 4 fully saturated rings. The van der Waals surface area contributed by atoms with Crippen LogP contribution in [0.5, 0.6) is 23.0 Å². The highest BCUT2D eigenvalue weighted by atomic mass is 19.1. The minimum Gasteiger partial charge on any atom is -0.535 e. The lowest BCUT2D eigenvalue weighted by Crippen LogP contribution is -2.28. The van der Waals surface area contributed by atoms with Crippen LogP contribution in [0.15, 0.2) is 48.5 Å². The highest BCUT2D eigenvalue weighted by Gasteiger charge is 2.58. The van der Waals surface area contributed by atoms with Crippen molar-refractivity contribution >= 4 is 94.4 Å². The van der Waals surface area contributed by atoms with Crippen molar-refractivity contribution in [1.29, 1.82) is 0 Å². The third kappa shape index (κ3) is 18.8. The summed E-state index contributed by atoms with van der Waals surface area (Å²) >= 11 is 0. The summed E-state index contributed by atoms with van der Waals surface area (Å²) in [4.78, 5) is 127. The second-order valence-electron chi connectivity index (χ2n) is 23.4. The molecule has 4 heterocycles. The number of hydrogen-bond acceptors (Lipinski definition) is 32. The summed E-state index contributed by atoms with van der Waals surface area (Å²) in [5.41, 5.74) is 0.749. The van der Waals surface area contributed by atoms with Crippen LogP contribution in [0.4, 0.5) is 27.2 Å². The minimum absolute atomic E-state index is 0.00975. The number of nitrogens with zero attached hydrogens (tertiary/aromatic N) is 1. The van der Waals surface area contributed by atoms with E-state index in [0.717, 1.165) is 37.6 Å². The molecule has 8 atom stereocenters. The van der Waals surface area contributed by atoms with Crippen molar-refractivity contribution in [2.24, 2.45) is 0 Å². The Kier molecular flexibility index (Phi) is 24.8. The van der Waals surface area contributed by atoms with E-state index in [1.807, 2.05) is 0 Å². The van der Waals surface area contributed by atoms with Gasteiger partial charge >= 0.3 is 88.5 Å². The van der Waals surface area contributed by atoms with Crippen molar-refractivity contribution in [3.05, 3.63) is 116 Å². The SMILES string of the molecule is CC(=O)OCC(=O)OCOC(=O)c1c(F)ccc2c1OB(O)[C@@H]1C[C@H]21.CC(=O)OCCOC(=O)OCOC(=O)c1c(F)ccc2c1OB(O)[C@@H]1C[C@H]21.CN(C)C(=O)COC(=O)OCOC(=O)c1c(F)ccc2c1OB(O)[C@@H]1C[C@H]21.COCC(=O)OCOC(=O)c1c(F)ccc2c1OB(O)[C@@H]1C[C@H]21. The van der Waals surface area contributed by atoms with E-state index in [4.69, 9.17) is 37.6 Å². The maximum Gasteiger partial charge on any atom is 0.526 e. The van der Waals surface area contributed by atoms with Crippen LogP contribution in [0.25, 0.3) is 0 Å². The molecule has 1 amide bonds. The van der Waals surface area contributed by atoms with Crippen LogP contribution >= 0.6 is 0 Å². The molecule has 0 aromatic heterocycles.